The highest BCUT2D eigenvalue weighted by Crippen LogP contribution is 2.15. The smallest absolute Gasteiger partial charge is 0.113 e. The zero-order valence-electron chi connectivity index (χ0n) is 10.3. The van der Waals surface area contributed by atoms with Gasteiger partial charge < -0.3 is 0 Å². The summed E-state index contributed by atoms with van der Waals surface area (Å²) in [4.78, 5) is 1.82. The minimum absolute atomic E-state index is 0.264. The highest BCUT2D eigenvalue weighted by atomic mass is 15.5. The van der Waals surface area contributed by atoms with E-state index in [-0.39, 0.29) is 6.04 Å². The highest BCUT2D eigenvalue weighted by molar-refractivity contribution is 5.72. The molecule has 1 atom stereocenters. The molecule has 3 nitrogen and oxygen atoms in total. The molecule has 0 saturated carbocycles. The molecule has 90 valence electrons. The van der Waals surface area contributed by atoms with Gasteiger partial charge in [-0.3, -0.25) is 0 Å². The highest BCUT2D eigenvalue weighted by Gasteiger charge is 2.09. The summed E-state index contributed by atoms with van der Waals surface area (Å²) in [6.45, 7) is 2.14. The van der Waals surface area contributed by atoms with Gasteiger partial charge in [-0.2, -0.15) is 15.0 Å². The molecule has 3 rings (SSSR count). The Balaban J connectivity index is 1.86. The van der Waals surface area contributed by atoms with Crippen LogP contribution >= 0.6 is 0 Å². The van der Waals surface area contributed by atoms with Crippen LogP contribution in [0.5, 0.6) is 0 Å². The predicted molar refractivity (Wildman–Crippen MR) is 72.4 cm³/mol. The summed E-state index contributed by atoms with van der Waals surface area (Å²) in [5, 5.41) is 9.03. The Morgan fingerprint density at radius 2 is 1.44 bits per heavy atom. The van der Waals surface area contributed by atoms with Crippen molar-refractivity contribution in [3.8, 4) is 0 Å². The van der Waals surface area contributed by atoms with Crippen LogP contribution in [0.3, 0.4) is 0 Å². The first kappa shape index (κ1) is 11.0. The van der Waals surface area contributed by atoms with E-state index >= 15 is 0 Å². The van der Waals surface area contributed by atoms with Crippen LogP contribution < -0.4 is 0 Å². The van der Waals surface area contributed by atoms with Gasteiger partial charge in [0.05, 0.1) is 6.04 Å². The normalized spacial score (nSPS) is 12.7. The maximum Gasteiger partial charge on any atom is 0.113 e. The van der Waals surface area contributed by atoms with Gasteiger partial charge >= 0.3 is 0 Å². The van der Waals surface area contributed by atoms with E-state index in [2.05, 4.69) is 41.4 Å². The van der Waals surface area contributed by atoms with Crippen LogP contribution in [0.1, 0.15) is 18.5 Å². The number of benzene rings is 2. The lowest BCUT2D eigenvalue weighted by Crippen LogP contribution is -2.11. The van der Waals surface area contributed by atoms with E-state index in [1.807, 2.05) is 35.1 Å². The quantitative estimate of drug-likeness (QED) is 0.700. The molecule has 0 aliphatic heterocycles. The summed E-state index contributed by atoms with van der Waals surface area (Å²) in [6.07, 6.45) is 0.946. The molecule has 1 heterocycles. The molecule has 0 fully saturated rings. The number of nitrogens with zero attached hydrogens (tertiary/aromatic N) is 3. The molecule has 0 bridgehead atoms. The van der Waals surface area contributed by atoms with E-state index in [9.17, 15) is 0 Å². The Morgan fingerprint density at radius 3 is 2.06 bits per heavy atom. The average molecular weight is 237 g/mol. The lowest BCUT2D eigenvalue weighted by atomic mass is 10.1. The number of hydrogen-bond donors (Lipinski definition) is 0. The summed E-state index contributed by atoms with van der Waals surface area (Å²) in [7, 11) is 0. The van der Waals surface area contributed by atoms with Crippen LogP contribution in [0.4, 0.5) is 0 Å². The van der Waals surface area contributed by atoms with Gasteiger partial charge in [0.2, 0.25) is 0 Å². The molecule has 0 amide bonds. The van der Waals surface area contributed by atoms with Gasteiger partial charge in [-0.05, 0) is 31.0 Å². The van der Waals surface area contributed by atoms with Crippen molar-refractivity contribution >= 4 is 11.0 Å². The fourth-order valence-corrected chi connectivity index (χ4v) is 2.11. The minimum atomic E-state index is 0.264. The maximum absolute atomic E-state index is 4.51. The van der Waals surface area contributed by atoms with Gasteiger partial charge in [0.25, 0.3) is 0 Å². The van der Waals surface area contributed by atoms with E-state index in [1.165, 1.54) is 5.56 Å². The molecular formula is C15H15N3. The molecule has 2 aromatic carbocycles. The van der Waals surface area contributed by atoms with Crippen molar-refractivity contribution in [2.24, 2.45) is 0 Å². The minimum Gasteiger partial charge on any atom is -0.181 e. The van der Waals surface area contributed by atoms with Crippen LogP contribution in [-0.4, -0.2) is 15.0 Å². The number of rotatable bonds is 3. The van der Waals surface area contributed by atoms with E-state index < -0.39 is 0 Å². The topological polar surface area (TPSA) is 30.7 Å². The van der Waals surface area contributed by atoms with E-state index in [1.54, 1.807) is 0 Å². The number of fused-ring (bicyclic) bond motifs is 1. The Kier molecular flexibility index (Phi) is 2.81. The van der Waals surface area contributed by atoms with Crippen LogP contribution in [0.25, 0.3) is 11.0 Å². The predicted octanol–water partition coefficient (Wildman–Crippen LogP) is 3.24. The first-order chi connectivity index (χ1) is 8.83. The maximum atomic E-state index is 4.51. The van der Waals surface area contributed by atoms with Gasteiger partial charge in [0, 0.05) is 0 Å². The Bertz CT molecular complexity index is 610. The zero-order chi connectivity index (χ0) is 12.4. The second kappa shape index (κ2) is 4.61. The Hall–Kier alpha value is -2.16. The molecule has 3 aromatic rings. The van der Waals surface area contributed by atoms with Crippen molar-refractivity contribution in [2.45, 2.75) is 19.4 Å². The largest absolute Gasteiger partial charge is 0.181 e. The van der Waals surface area contributed by atoms with Crippen molar-refractivity contribution in [1.29, 1.82) is 0 Å². The third-order valence-electron chi connectivity index (χ3n) is 3.07. The molecule has 0 aliphatic rings. The van der Waals surface area contributed by atoms with E-state index in [0.717, 1.165) is 17.5 Å². The summed E-state index contributed by atoms with van der Waals surface area (Å²) in [5.74, 6) is 0. The molecule has 0 aliphatic carbocycles. The average Bonchev–Trinajstić information content (AvgIpc) is 2.84. The molecule has 0 radical (unpaired) electrons. The molecule has 0 spiro atoms. The molecule has 1 aromatic heterocycles. The SMILES string of the molecule is CC(Cc1ccccc1)n1nc2ccccc2n1. The molecule has 0 N–H and O–H groups in total. The summed E-state index contributed by atoms with van der Waals surface area (Å²) in [5.41, 5.74) is 3.22. The van der Waals surface area contributed by atoms with Crippen molar-refractivity contribution in [3.05, 3.63) is 60.2 Å². The third-order valence-corrected chi connectivity index (χ3v) is 3.07. The van der Waals surface area contributed by atoms with Gasteiger partial charge in [0.1, 0.15) is 11.0 Å². The van der Waals surface area contributed by atoms with Gasteiger partial charge in [-0.25, -0.2) is 0 Å². The van der Waals surface area contributed by atoms with Gasteiger partial charge in [-0.1, -0.05) is 42.5 Å². The molecular weight excluding hydrogens is 222 g/mol. The van der Waals surface area contributed by atoms with Crippen LogP contribution in [0.15, 0.2) is 54.6 Å². The molecule has 1 unspecified atom stereocenters. The fraction of sp³-hybridized carbons (Fsp3) is 0.200. The van der Waals surface area contributed by atoms with Crippen molar-refractivity contribution < 1.29 is 0 Å². The fourth-order valence-electron chi connectivity index (χ4n) is 2.11. The molecule has 18 heavy (non-hydrogen) atoms. The lowest BCUT2D eigenvalue weighted by molar-refractivity contribution is 0.437. The van der Waals surface area contributed by atoms with Gasteiger partial charge in [0.15, 0.2) is 0 Å². The first-order valence-electron chi connectivity index (χ1n) is 6.18. The monoisotopic (exact) mass is 237 g/mol. The number of hydrogen-bond acceptors (Lipinski definition) is 2. The van der Waals surface area contributed by atoms with Gasteiger partial charge in [-0.15, -0.1) is 0 Å². The van der Waals surface area contributed by atoms with Crippen molar-refractivity contribution in [3.63, 3.8) is 0 Å². The zero-order valence-corrected chi connectivity index (χ0v) is 10.3. The van der Waals surface area contributed by atoms with E-state index in [0.29, 0.717) is 0 Å². The van der Waals surface area contributed by atoms with Crippen molar-refractivity contribution in [1.82, 2.24) is 15.0 Å². The second-order valence-corrected chi connectivity index (χ2v) is 4.55. The molecule has 0 saturated heterocycles. The van der Waals surface area contributed by atoms with Crippen molar-refractivity contribution in [2.75, 3.05) is 0 Å². The summed E-state index contributed by atoms with van der Waals surface area (Å²) < 4.78 is 0. The van der Waals surface area contributed by atoms with Crippen LogP contribution in [-0.2, 0) is 6.42 Å². The first-order valence-corrected chi connectivity index (χ1v) is 6.18. The summed E-state index contributed by atoms with van der Waals surface area (Å²) in [6, 6.07) is 18.7. The number of aromatic nitrogens is 3. The lowest BCUT2D eigenvalue weighted by Gasteiger charge is -2.10. The third kappa shape index (κ3) is 2.12. The standard InChI is InChI=1S/C15H15N3/c1-12(11-13-7-3-2-4-8-13)18-16-14-9-5-6-10-15(14)17-18/h2-10,12H,11H2,1H3. The summed E-state index contributed by atoms with van der Waals surface area (Å²) >= 11 is 0. The molecule has 3 heteroatoms. The van der Waals surface area contributed by atoms with Crippen LogP contribution in [0, 0.1) is 0 Å². The van der Waals surface area contributed by atoms with Crippen LogP contribution in [0.2, 0.25) is 0 Å². The Labute approximate surface area is 106 Å². The van der Waals surface area contributed by atoms with E-state index in [4.69, 9.17) is 0 Å². The Morgan fingerprint density at radius 1 is 0.889 bits per heavy atom. The second-order valence-electron chi connectivity index (χ2n) is 4.55.